The van der Waals surface area contributed by atoms with E-state index in [4.69, 9.17) is 16.3 Å². The first-order valence-corrected chi connectivity index (χ1v) is 5.69. The first-order valence-electron chi connectivity index (χ1n) is 5.31. The third-order valence-corrected chi connectivity index (χ3v) is 2.50. The highest BCUT2D eigenvalue weighted by Crippen LogP contribution is 2.15. The van der Waals surface area contributed by atoms with E-state index in [-0.39, 0.29) is 0 Å². The molecule has 3 nitrogen and oxygen atoms in total. The molecule has 0 spiro atoms. The number of benzene rings is 1. The minimum atomic E-state index is -0.442. The van der Waals surface area contributed by atoms with E-state index in [2.05, 4.69) is 12.2 Å². The van der Waals surface area contributed by atoms with Crippen LogP contribution in [0.3, 0.4) is 0 Å². The average molecular weight is 242 g/mol. The maximum atomic E-state index is 11.4. The molecule has 1 aromatic rings. The Bertz CT molecular complexity index is 355. The fourth-order valence-electron chi connectivity index (χ4n) is 1.06. The van der Waals surface area contributed by atoms with Gasteiger partial charge in [0.2, 0.25) is 0 Å². The number of hydrogen-bond donors (Lipinski definition) is 1. The molecule has 1 N–H and O–H groups in total. The van der Waals surface area contributed by atoms with Crippen LogP contribution in [-0.2, 0) is 4.74 Å². The van der Waals surface area contributed by atoms with Crippen molar-refractivity contribution in [2.45, 2.75) is 20.3 Å². The van der Waals surface area contributed by atoms with Crippen LogP contribution in [0.5, 0.6) is 0 Å². The molecule has 0 saturated carbocycles. The van der Waals surface area contributed by atoms with Crippen molar-refractivity contribution in [1.29, 1.82) is 0 Å². The lowest BCUT2D eigenvalue weighted by molar-refractivity contribution is 0.143. The second-order valence-electron chi connectivity index (χ2n) is 3.75. The SMILES string of the molecule is CC[C@H](C)COC(=O)Nc1cccc(Cl)c1. The van der Waals surface area contributed by atoms with Gasteiger partial charge in [0.1, 0.15) is 0 Å². The summed E-state index contributed by atoms with van der Waals surface area (Å²) in [5.74, 6) is 0.380. The molecule has 0 saturated heterocycles. The maximum Gasteiger partial charge on any atom is 0.411 e. The van der Waals surface area contributed by atoms with Crippen molar-refractivity contribution in [2.24, 2.45) is 5.92 Å². The molecule has 1 aromatic carbocycles. The number of amides is 1. The van der Waals surface area contributed by atoms with Gasteiger partial charge in [-0.3, -0.25) is 5.32 Å². The van der Waals surface area contributed by atoms with E-state index in [1.54, 1.807) is 24.3 Å². The highest BCUT2D eigenvalue weighted by Gasteiger charge is 2.06. The van der Waals surface area contributed by atoms with E-state index in [1.165, 1.54) is 0 Å². The summed E-state index contributed by atoms with van der Waals surface area (Å²) in [6.07, 6.45) is 0.548. The lowest BCUT2D eigenvalue weighted by Crippen LogP contribution is -2.17. The predicted molar refractivity (Wildman–Crippen MR) is 65.9 cm³/mol. The Hall–Kier alpha value is -1.22. The molecule has 1 amide bonds. The van der Waals surface area contributed by atoms with E-state index >= 15 is 0 Å². The second kappa shape index (κ2) is 6.38. The average Bonchev–Trinajstić information content (AvgIpc) is 2.26. The van der Waals surface area contributed by atoms with Gasteiger partial charge in [0.05, 0.1) is 6.61 Å². The standard InChI is InChI=1S/C12H16ClNO2/c1-3-9(2)8-16-12(15)14-11-6-4-5-10(13)7-11/h4-7,9H,3,8H2,1-2H3,(H,14,15)/t9-/m0/s1. The van der Waals surface area contributed by atoms with E-state index in [1.807, 2.05) is 6.92 Å². The van der Waals surface area contributed by atoms with Crippen LogP contribution in [0.2, 0.25) is 5.02 Å². The summed E-state index contributed by atoms with van der Waals surface area (Å²) < 4.78 is 5.05. The Morgan fingerprint density at radius 2 is 2.31 bits per heavy atom. The maximum absolute atomic E-state index is 11.4. The monoisotopic (exact) mass is 241 g/mol. The summed E-state index contributed by atoms with van der Waals surface area (Å²) >= 11 is 5.79. The molecule has 1 rings (SSSR count). The van der Waals surface area contributed by atoms with Crippen molar-refractivity contribution < 1.29 is 9.53 Å². The lowest BCUT2D eigenvalue weighted by atomic mass is 10.1. The van der Waals surface area contributed by atoms with Gasteiger partial charge in [-0.1, -0.05) is 37.9 Å². The highest BCUT2D eigenvalue weighted by molar-refractivity contribution is 6.30. The molecule has 0 aliphatic heterocycles. The zero-order valence-electron chi connectivity index (χ0n) is 9.50. The van der Waals surface area contributed by atoms with E-state index in [0.717, 1.165) is 6.42 Å². The Labute approximate surface area is 101 Å². The van der Waals surface area contributed by atoms with Crippen molar-refractivity contribution >= 4 is 23.4 Å². The number of carbonyl (C=O) groups excluding carboxylic acids is 1. The van der Waals surface area contributed by atoms with Gasteiger partial charge in [-0.25, -0.2) is 4.79 Å². The Kier molecular flexibility index (Phi) is 5.12. The number of anilines is 1. The number of hydrogen-bond acceptors (Lipinski definition) is 2. The van der Waals surface area contributed by atoms with Gasteiger partial charge < -0.3 is 4.74 Å². The van der Waals surface area contributed by atoms with Gasteiger partial charge in [-0.15, -0.1) is 0 Å². The minimum Gasteiger partial charge on any atom is -0.449 e. The zero-order chi connectivity index (χ0) is 12.0. The molecule has 0 aliphatic rings. The molecule has 0 fully saturated rings. The molecule has 88 valence electrons. The molecule has 16 heavy (non-hydrogen) atoms. The lowest BCUT2D eigenvalue weighted by Gasteiger charge is -2.10. The van der Waals surface area contributed by atoms with E-state index in [0.29, 0.717) is 23.2 Å². The molecule has 0 aliphatic carbocycles. The van der Waals surface area contributed by atoms with Crippen LogP contribution < -0.4 is 5.32 Å². The molecule has 0 unspecified atom stereocenters. The smallest absolute Gasteiger partial charge is 0.411 e. The van der Waals surface area contributed by atoms with Gasteiger partial charge in [0.25, 0.3) is 0 Å². The molecule has 0 bridgehead atoms. The van der Waals surface area contributed by atoms with Crippen LogP contribution in [0.15, 0.2) is 24.3 Å². The summed E-state index contributed by atoms with van der Waals surface area (Å²) in [5, 5.41) is 3.20. The van der Waals surface area contributed by atoms with E-state index < -0.39 is 6.09 Å². The van der Waals surface area contributed by atoms with Crippen LogP contribution in [-0.4, -0.2) is 12.7 Å². The summed E-state index contributed by atoms with van der Waals surface area (Å²) in [7, 11) is 0. The fourth-order valence-corrected chi connectivity index (χ4v) is 1.25. The minimum absolute atomic E-state index is 0.380. The normalized spacial score (nSPS) is 11.9. The number of halogens is 1. The van der Waals surface area contributed by atoms with Crippen molar-refractivity contribution in [2.75, 3.05) is 11.9 Å². The molecule has 0 heterocycles. The van der Waals surface area contributed by atoms with Gasteiger partial charge >= 0.3 is 6.09 Å². The molecule has 1 atom stereocenters. The van der Waals surface area contributed by atoms with Gasteiger partial charge in [0, 0.05) is 10.7 Å². The molecule has 0 aromatic heterocycles. The first-order chi connectivity index (χ1) is 7.61. The van der Waals surface area contributed by atoms with Gasteiger partial charge in [-0.2, -0.15) is 0 Å². The van der Waals surface area contributed by atoms with Crippen LogP contribution in [0, 0.1) is 5.92 Å². The van der Waals surface area contributed by atoms with Crippen LogP contribution in [0.25, 0.3) is 0 Å². The third-order valence-electron chi connectivity index (χ3n) is 2.27. The van der Waals surface area contributed by atoms with Gasteiger partial charge in [-0.05, 0) is 24.1 Å². The summed E-state index contributed by atoms with van der Waals surface area (Å²) in [6, 6.07) is 6.95. The quantitative estimate of drug-likeness (QED) is 0.867. The Morgan fingerprint density at radius 3 is 2.94 bits per heavy atom. The third kappa shape index (κ3) is 4.53. The van der Waals surface area contributed by atoms with Crippen LogP contribution in [0.1, 0.15) is 20.3 Å². The van der Waals surface area contributed by atoms with E-state index in [9.17, 15) is 4.79 Å². The van der Waals surface area contributed by atoms with Gasteiger partial charge in [0.15, 0.2) is 0 Å². The summed E-state index contributed by atoms with van der Waals surface area (Å²) in [4.78, 5) is 11.4. The number of carbonyl (C=O) groups is 1. The Balaban J connectivity index is 2.40. The first kappa shape index (κ1) is 12.8. The van der Waals surface area contributed by atoms with Crippen molar-refractivity contribution in [3.05, 3.63) is 29.3 Å². The second-order valence-corrected chi connectivity index (χ2v) is 4.18. The summed E-state index contributed by atoms with van der Waals surface area (Å²) in [5.41, 5.74) is 0.640. The molecule has 4 heteroatoms. The molecular formula is C12H16ClNO2. The zero-order valence-corrected chi connectivity index (χ0v) is 10.3. The highest BCUT2D eigenvalue weighted by atomic mass is 35.5. The fraction of sp³-hybridized carbons (Fsp3) is 0.417. The van der Waals surface area contributed by atoms with Crippen molar-refractivity contribution in [3.63, 3.8) is 0 Å². The largest absolute Gasteiger partial charge is 0.449 e. The van der Waals surface area contributed by atoms with Crippen molar-refractivity contribution in [1.82, 2.24) is 0 Å². The molecular weight excluding hydrogens is 226 g/mol. The summed E-state index contributed by atoms with van der Waals surface area (Å²) in [6.45, 7) is 4.53. The Morgan fingerprint density at radius 1 is 1.56 bits per heavy atom. The van der Waals surface area contributed by atoms with Crippen LogP contribution >= 0.6 is 11.6 Å². The van der Waals surface area contributed by atoms with Crippen LogP contribution in [0.4, 0.5) is 10.5 Å². The predicted octanol–water partition coefficient (Wildman–Crippen LogP) is 3.93. The number of nitrogens with one attached hydrogen (secondary N) is 1. The topological polar surface area (TPSA) is 38.3 Å². The number of rotatable bonds is 4. The van der Waals surface area contributed by atoms with Crippen molar-refractivity contribution in [3.8, 4) is 0 Å². The number of ether oxygens (including phenoxy) is 1. The molecule has 0 radical (unpaired) electrons.